The van der Waals surface area contributed by atoms with Crippen molar-refractivity contribution in [2.75, 3.05) is 13.3 Å². The van der Waals surface area contributed by atoms with Gasteiger partial charge in [0, 0.05) is 12.1 Å². The summed E-state index contributed by atoms with van der Waals surface area (Å²) in [4.78, 5) is 12.3. The van der Waals surface area contributed by atoms with Gasteiger partial charge < -0.3 is 19.5 Å². The number of aromatic nitrogens is 2. The van der Waals surface area contributed by atoms with Crippen molar-refractivity contribution in [2.24, 2.45) is 0 Å². The van der Waals surface area contributed by atoms with E-state index in [2.05, 4.69) is 14.1 Å². The molecule has 0 aliphatic carbocycles. The number of hydrogen-bond acceptors (Lipinski definition) is 7. The van der Waals surface area contributed by atoms with E-state index in [1.54, 1.807) is 24.3 Å². The first-order valence-corrected chi connectivity index (χ1v) is 9.60. The summed E-state index contributed by atoms with van der Waals surface area (Å²) < 4.78 is 24.7. The normalized spacial score (nSPS) is 12.0. The lowest BCUT2D eigenvalue weighted by molar-refractivity contribution is 0.0954. The van der Waals surface area contributed by atoms with Gasteiger partial charge in [0.1, 0.15) is 18.1 Å². The Morgan fingerprint density at radius 2 is 1.96 bits per heavy atom. The van der Waals surface area contributed by atoms with E-state index in [4.69, 9.17) is 14.2 Å². The van der Waals surface area contributed by atoms with Crippen LogP contribution < -0.4 is 19.5 Å². The Balaban J connectivity index is 1.26. The summed E-state index contributed by atoms with van der Waals surface area (Å²) in [5.41, 5.74) is 3.38. The largest absolute Gasteiger partial charge is 0.487 e. The van der Waals surface area contributed by atoms with Crippen LogP contribution in [-0.2, 0) is 13.0 Å². The van der Waals surface area contributed by atoms with Gasteiger partial charge in [-0.15, -0.1) is 0 Å². The zero-order chi connectivity index (χ0) is 19.3. The van der Waals surface area contributed by atoms with Crippen molar-refractivity contribution in [3.8, 4) is 17.2 Å². The van der Waals surface area contributed by atoms with Crippen molar-refractivity contribution in [1.29, 1.82) is 0 Å². The number of fused-ring (bicyclic) bond motifs is 1. The fraction of sp³-hybridized carbons (Fsp3) is 0.250. The van der Waals surface area contributed by atoms with Gasteiger partial charge in [-0.2, -0.15) is 8.75 Å². The molecule has 0 saturated carbocycles. The molecule has 3 aromatic rings. The second-order valence-electron chi connectivity index (χ2n) is 6.30. The van der Waals surface area contributed by atoms with Gasteiger partial charge in [0.05, 0.1) is 17.4 Å². The first-order chi connectivity index (χ1) is 13.7. The number of benzene rings is 2. The first kappa shape index (κ1) is 18.2. The number of aryl methyl sites for hydroxylation is 1. The molecular weight excluding hydrogens is 378 g/mol. The summed E-state index contributed by atoms with van der Waals surface area (Å²) in [7, 11) is 0. The van der Waals surface area contributed by atoms with E-state index in [1.165, 1.54) is 11.7 Å². The van der Waals surface area contributed by atoms with Gasteiger partial charge >= 0.3 is 0 Å². The van der Waals surface area contributed by atoms with Crippen LogP contribution in [-0.4, -0.2) is 28.0 Å². The van der Waals surface area contributed by atoms with Gasteiger partial charge in [-0.25, -0.2) is 0 Å². The number of carbonyl (C=O) groups excluding carboxylic acids is 1. The predicted octanol–water partition coefficient (Wildman–Crippen LogP) is 3.13. The number of nitrogens with zero attached hydrogens (tertiary/aromatic N) is 2. The third kappa shape index (κ3) is 4.23. The fourth-order valence-electron chi connectivity index (χ4n) is 2.75. The van der Waals surface area contributed by atoms with Crippen molar-refractivity contribution in [2.45, 2.75) is 20.0 Å². The highest BCUT2D eigenvalue weighted by Crippen LogP contribution is 2.32. The van der Waals surface area contributed by atoms with Crippen LogP contribution in [0.3, 0.4) is 0 Å². The molecule has 1 N–H and O–H groups in total. The molecule has 0 fully saturated rings. The molecule has 0 unspecified atom stereocenters. The Morgan fingerprint density at radius 1 is 1.14 bits per heavy atom. The smallest absolute Gasteiger partial charge is 0.251 e. The molecule has 28 heavy (non-hydrogen) atoms. The Hall–Kier alpha value is -3.13. The SMILES string of the molecule is Cc1nsnc1COc1ccc(C(=O)NCCc2ccc3c(c2)OCO3)cc1. The van der Waals surface area contributed by atoms with Crippen LogP contribution in [0.5, 0.6) is 17.2 Å². The minimum atomic E-state index is -0.119. The molecule has 144 valence electrons. The lowest BCUT2D eigenvalue weighted by atomic mass is 10.1. The molecule has 1 aliphatic rings. The van der Waals surface area contributed by atoms with E-state index < -0.39 is 0 Å². The Kier molecular flexibility index (Phi) is 5.38. The van der Waals surface area contributed by atoms with Crippen LogP contribution in [0.15, 0.2) is 42.5 Å². The molecule has 1 aromatic heterocycles. The lowest BCUT2D eigenvalue weighted by Gasteiger charge is -2.08. The molecule has 0 atom stereocenters. The Bertz CT molecular complexity index is 972. The molecule has 8 heteroatoms. The summed E-state index contributed by atoms with van der Waals surface area (Å²) in [5.74, 6) is 2.08. The van der Waals surface area contributed by atoms with Crippen LogP contribution in [0, 0.1) is 6.92 Å². The maximum Gasteiger partial charge on any atom is 0.251 e. The summed E-state index contributed by atoms with van der Waals surface area (Å²) in [6.45, 7) is 3.06. The standard InChI is InChI=1S/C20H19N3O4S/c1-13-17(23-28-22-13)11-25-16-5-3-15(4-6-16)20(24)21-9-8-14-2-7-18-19(10-14)27-12-26-18/h2-7,10H,8-9,11-12H2,1H3,(H,21,24). The fourth-order valence-corrected chi connectivity index (χ4v) is 3.31. The highest BCUT2D eigenvalue weighted by molar-refractivity contribution is 6.99. The summed E-state index contributed by atoms with van der Waals surface area (Å²) in [6, 6.07) is 12.9. The molecule has 7 nitrogen and oxygen atoms in total. The molecule has 0 radical (unpaired) electrons. The minimum Gasteiger partial charge on any atom is -0.487 e. The van der Waals surface area contributed by atoms with E-state index in [9.17, 15) is 4.79 Å². The maximum absolute atomic E-state index is 12.3. The second kappa shape index (κ2) is 8.26. The molecule has 2 heterocycles. The van der Waals surface area contributed by atoms with Crippen molar-refractivity contribution in [1.82, 2.24) is 14.1 Å². The van der Waals surface area contributed by atoms with Crippen molar-refractivity contribution < 1.29 is 19.0 Å². The van der Waals surface area contributed by atoms with E-state index in [0.717, 1.165) is 28.5 Å². The Labute approximate surface area is 166 Å². The third-order valence-corrected chi connectivity index (χ3v) is 5.03. The number of rotatable bonds is 7. The van der Waals surface area contributed by atoms with Crippen molar-refractivity contribution in [3.05, 3.63) is 65.0 Å². The van der Waals surface area contributed by atoms with Crippen LogP contribution >= 0.6 is 11.7 Å². The van der Waals surface area contributed by atoms with Gasteiger partial charge in [-0.3, -0.25) is 4.79 Å². The minimum absolute atomic E-state index is 0.119. The van der Waals surface area contributed by atoms with Gasteiger partial charge in [-0.05, 0) is 55.3 Å². The maximum atomic E-state index is 12.3. The van der Waals surface area contributed by atoms with Gasteiger partial charge in [0.25, 0.3) is 5.91 Å². The number of nitrogens with one attached hydrogen (secondary N) is 1. The van der Waals surface area contributed by atoms with Crippen LogP contribution in [0.4, 0.5) is 0 Å². The zero-order valence-electron chi connectivity index (χ0n) is 15.3. The third-order valence-electron chi connectivity index (χ3n) is 4.37. The van der Waals surface area contributed by atoms with Crippen LogP contribution in [0.2, 0.25) is 0 Å². The van der Waals surface area contributed by atoms with Gasteiger partial charge in [0.2, 0.25) is 6.79 Å². The Morgan fingerprint density at radius 3 is 2.75 bits per heavy atom. The number of carbonyl (C=O) groups is 1. The molecule has 1 aliphatic heterocycles. The van der Waals surface area contributed by atoms with E-state index in [-0.39, 0.29) is 12.7 Å². The van der Waals surface area contributed by atoms with E-state index >= 15 is 0 Å². The summed E-state index contributed by atoms with van der Waals surface area (Å²) >= 11 is 1.17. The molecule has 0 spiro atoms. The van der Waals surface area contributed by atoms with Gasteiger partial charge in [0.15, 0.2) is 11.5 Å². The molecule has 0 saturated heterocycles. The monoisotopic (exact) mass is 397 g/mol. The van der Waals surface area contributed by atoms with Gasteiger partial charge in [-0.1, -0.05) is 6.07 Å². The molecule has 2 aromatic carbocycles. The summed E-state index contributed by atoms with van der Waals surface area (Å²) in [5, 5.41) is 2.93. The lowest BCUT2D eigenvalue weighted by Crippen LogP contribution is -2.25. The van der Waals surface area contributed by atoms with E-state index in [1.807, 2.05) is 25.1 Å². The highest BCUT2D eigenvalue weighted by atomic mass is 32.1. The summed E-state index contributed by atoms with van der Waals surface area (Å²) in [6.07, 6.45) is 0.713. The molecule has 4 rings (SSSR count). The molecule has 0 bridgehead atoms. The second-order valence-corrected chi connectivity index (χ2v) is 6.83. The van der Waals surface area contributed by atoms with Crippen molar-refractivity contribution >= 4 is 17.6 Å². The first-order valence-electron chi connectivity index (χ1n) is 8.86. The van der Waals surface area contributed by atoms with Crippen LogP contribution in [0.1, 0.15) is 27.3 Å². The zero-order valence-corrected chi connectivity index (χ0v) is 16.1. The average Bonchev–Trinajstić information content (AvgIpc) is 3.35. The number of hydrogen-bond donors (Lipinski definition) is 1. The number of ether oxygens (including phenoxy) is 3. The highest BCUT2D eigenvalue weighted by Gasteiger charge is 2.13. The van der Waals surface area contributed by atoms with Crippen LogP contribution in [0.25, 0.3) is 0 Å². The molecule has 1 amide bonds. The van der Waals surface area contributed by atoms with E-state index in [0.29, 0.717) is 30.9 Å². The average molecular weight is 397 g/mol. The molecular formula is C20H19N3O4S. The van der Waals surface area contributed by atoms with Crippen molar-refractivity contribution in [3.63, 3.8) is 0 Å². The predicted molar refractivity (Wildman–Crippen MR) is 104 cm³/mol. The topological polar surface area (TPSA) is 82.6 Å². The quantitative estimate of drug-likeness (QED) is 0.660. The number of amides is 1.